The Bertz CT molecular complexity index is 347. The molecule has 0 aliphatic rings. The van der Waals surface area contributed by atoms with Crippen molar-refractivity contribution in [1.82, 2.24) is 0 Å². The molecule has 1 aromatic carbocycles. The van der Waals surface area contributed by atoms with Crippen molar-refractivity contribution in [1.29, 1.82) is 0 Å². The van der Waals surface area contributed by atoms with Gasteiger partial charge in [-0.15, -0.1) is 11.8 Å². The van der Waals surface area contributed by atoms with Gasteiger partial charge in [0.15, 0.2) is 0 Å². The van der Waals surface area contributed by atoms with Crippen LogP contribution in [-0.2, 0) is 4.79 Å². The lowest BCUT2D eigenvalue weighted by Crippen LogP contribution is -1.92. The van der Waals surface area contributed by atoms with Crippen molar-refractivity contribution in [2.75, 3.05) is 12.9 Å². The highest BCUT2D eigenvalue weighted by molar-refractivity contribution is 7.99. The van der Waals surface area contributed by atoms with Crippen LogP contribution in [0, 0.1) is 6.92 Å². The van der Waals surface area contributed by atoms with E-state index in [9.17, 15) is 4.79 Å². The molecule has 0 aliphatic heterocycles. The van der Waals surface area contributed by atoms with E-state index in [1.165, 1.54) is 4.90 Å². The Balaban J connectivity index is 2.55. The summed E-state index contributed by atoms with van der Waals surface area (Å²) in [5, 5.41) is 0. The number of aryl methyl sites for hydroxylation is 1. The average Bonchev–Trinajstić information content (AvgIpc) is 2.17. The molecule has 0 saturated carbocycles. The van der Waals surface area contributed by atoms with Crippen LogP contribution in [0.15, 0.2) is 23.1 Å². The van der Waals surface area contributed by atoms with Crippen molar-refractivity contribution in [2.45, 2.75) is 25.2 Å². The van der Waals surface area contributed by atoms with Gasteiger partial charge in [0.1, 0.15) is 11.5 Å². The molecule has 0 N–H and O–H groups in total. The molecule has 0 aliphatic carbocycles. The van der Waals surface area contributed by atoms with Crippen LogP contribution < -0.4 is 4.74 Å². The average molecular weight is 224 g/mol. The van der Waals surface area contributed by atoms with Crippen LogP contribution in [0.5, 0.6) is 5.75 Å². The summed E-state index contributed by atoms with van der Waals surface area (Å²) < 4.78 is 5.18. The van der Waals surface area contributed by atoms with Gasteiger partial charge >= 0.3 is 0 Å². The molecule has 15 heavy (non-hydrogen) atoms. The van der Waals surface area contributed by atoms with Crippen molar-refractivity contribution in [3.63, 3.8) is 0 Å². The third-order valence-electron chi connectivity index (χ3n) is 2.09. The van der Waals surface area contributed by atoms with Crippen LogP contribution in [-0.4, -0.2) is 18.6 Å². The molecule has 0 unspecified atom stereocenters. The molecule has 0 spiro atoms. The molecular formula is C12H16O2S. The topological polar surface area (TPSA) is 26.3 Å². The molecule has 0 bridgehead atoms. The molecular weight excluding hydrogens is 208 g/mol. The van der Waals surface area contributed by atoms with Crippen LogP contribution in [0.2, 0.25) is 0 Å². The smallest absolute Gasteiger partial charge is 0.130 e. The highest BCUT2D eigenvalue weighted by Gasteiger charge is 2.01. The number of thioether (sulfide) groups is 1. The van der Waals surface area contributed by atoms with Gasteiger partial charge in [-0.1, -0.05) is 0 Å². The van der Waals surface area contributed by atoms with E-state index >= 15 is 0 Å². The van der Waals surface area contributed by atoms with Crippen molar-refractivity contribution >= 4 is 17.5 Å². The van der Waals surface area contributed by atoms with Gasteiger partial charge in [-0.25, -0.2) is 0 Å². The minimum atomic E-state index is 0.243. The molecule has 0 heterocycles. The fraction of sp³-hybridized carbons (Fsp3) is 0.417. The molecule has 82 valence electrons. The van der Waals surface area contributed by atoms with Crippen molar-refractivity contribution < 1.29 is 9.53 Å². The highest BCUT2D eigenvalue weighted by Crippen LogP contribution is 2.25. The number of methoxy groups -OCH3 is 1. The predicted octanol–water partition coefficient (Wildman–Crippen LogP) is 3.07. The molecule has 0 saturated heterocycles. The summed E-state index contributed by atoms with van der Waals surface area (Å²) in [6.45, 7) is 3.65. The number of carbonyl (C=O) groups excluding carboxylic acids is 1. The summed E-state index contributed by atoms with van der Waals surface area (Å²) in [6, 6.07) is 6.08. The summed E-state index contributed by atoms with van der Waals surface area (Å²) in [5.41, 5.74) is 1.13. The first-order valence-electron chi connectivity index (χ1n) is 4.90. The Morgan fingerprint density at radius 1 is 1.47 bits per heavy atom. The summed E-state index contributed by atoms with van der Waals surface area (Å²) in [7, 11) is 1.67. The van der Waals surface area contributed by atoms with Crippen molar-refractivity contribution in [3.8, 4) is 5.75 Å². The molecule has 0 fully saturated rings. The van der Waals surface area contributed by atoms with E-state index in [2.05, 4.69) is 6.07 Å². The normalized spacial score (nSPS) is 10.1. The first kappa shape index (κ1) is 12.1. The van der Waals surface area contributed by atoms with E-state index in [1.54, 1.807) is 25.8 Å². The van der Waals surface area contributed by atoms with Gasteiger partial charge in [0.25, 0.3) is 0 Å². The number of hydrogen-bond donors (Lipinski definition) is 0. The predicted molar refractivity (Wildman–Crippen MR) is 63.8 cm³/mol. The molecule has 0 radical (unpaired) electrons. The van der Waals surface area contributed by atoms with Gasteiger partial charge < -0.3 is 4.74 Å². The Labute approximate surface area is 95.0 Å². The number of carbonyl (C=O) groups is 1. The standard InChI is InChI=1S/C12H16O2S/c1-9-8-11(4-5-12(9)14-3)15-7-6-10(2)13/h4-5,8H,6-7H2,1-3H3. The van der Waals surface area contributed by atoms with Crippen molar-refractivity contribution in [2.24, 2.45) is 0 Å². The zero-order valence-corrected chi connectivity index (χ0v) is 10.2. The Morgan fingerprint density at radius 3 is 2.73 bits per heavy atom. The maximum absolute atomic E-state index is 10.8. The van der Waals surface area contributed by atoms with E-state index in [0.717, 1.165) is 17.1 Å². The minimum absolute atomic E-state index is 0.243. The van der Waals surface area contributed by atoms with E-state index < -0.39 is 0 Å². The van der Waals surface area contributed by atoms with Gasteiger partial charge in [0, 0.05) is 17.1 Å². The second-order valence-electron chi connectivity index (χ2n) is 3.43. The van der Waals surface area contributed by atoms with Gasteiger partial charge in [0.2, 0.25) is 0 Å². The van der Waals surface area contributed by atoms with E-state index in [-0.39, 0.29) is 5.78 Å². The molecule has 2 nitrogen and oxygen atoms in total. The summed E-state index contributed by atoms with van der Waals surface area (Å²) in [6.07, 6.45) is 0.635. The van der Waals surface area contributed by atoms with Gasteiger partial charge in [-0.05, 0) is 37.6 Å². The number of ketones is 1. The highest BCUT2D eigenvalue weighted by atomic mass is 32.2. The van der Waals surface area contributed by atoms with Crippen molar-refractivity contribution in [3.05, 3.63) is 23.8 Å². The molecule has 0 atom stereocenters. The Kier molecular flexibility index (Phi) is 4.69. The van der Waals surface area contributed by atoms with Crippen LogP contribution in [0.4, 0.5) is 0 Å². The van der Waals surface area contributed by atoms with E-state index in [0.29, 0.717) is 6.42 Å². The zero-order valence-electron chi connectivity index (χ0n) is 9.37. The Morgan fingerprint density at radius 2 is 2.20 bits per heavy atom. The molecule has 3 heteroatoms. The van der Waals surface area contributed by atoms with Gasteiger partial charge in [-0.3, -0.25) is 4.79 Å². The van der Waals surface area contributed by atoms with Gasteiger partial charge in [0.05, 0.1) is 7.11 Å². The van der Waals surface area contributed by atoms with Crippen LogP contribution >= 0.6 is 11.8 Å². The maximum Gasteiger partial charge on any atom is 0.130 e. The monoisotopic (exact) mass is 224 g/mol. The lowest BCUT2D eigenvalue weighted by molar-refractivity contribution is -0.116. The lowest BCUT2D eigenvalue weighted by atomic mass is 10.2. The number of ether oxygens (including phenoxy) is 1. The number of hydrogen-bond acceptors (Lipinski definition) is 3. The fourth-order valence-corrected chi connectivity index (χ4v) is 2.30. The summed E-state index contributed by atoms with van der Waals surface area (Å²) in [4.78, 5) is 12.0. The first-order valence-corrected chi connectivity index (χ1v) is 5.89. The Hall–Kier alpha value is -0.960. The molecule has 1 aromatic rings. The summed E-state index contributed by atoms with van der Waals surface area (Å²) in [5.74, 6) is 2.00. The molecule has 1 rings (SSSR count). The second kappa shape index (κ2) is 5.81. The lowest BCUT2D eigenvalue weighted by Gasteiger charge is -2.06. The van der Waals surface area contributed by atoms with E-state index in [4.69, 9.17) is 4.74 Å². The quantitative estimate of drug-likeness (QED) is 0.719. The zero-order chi connectivity index (χ0) is 11.3. The van der Waals surface area contributed by atoms with Crippen LogP contribution in [0.1, 0.15) is 18.9 Å². The minimum Gasteiger partial charge on any atom is -0.496 e. The third-order valence-corrected chi connectivity index (χ3v) is 3.08. The van der Waals surface area contributed by atoms with Crippen LogP contribution in [0.3, 0.4) is 0 Å². The fourth-order valence-electron chi connectivity index (χ4n) is 1.25. The largest absolute Gasteiger partial charge is 0.496 e. The number of Topliss-reactive ketones (excluding diaryl/α,β-unsaturated/α-hetero) is 1. The summed E-state index contributed by atoms with van der Waals surface area (Å²) >= 11 is 1.71. The number of benzene rings is 1. The third kappa shape index (κ3) is 3.96. The second-order valence-corrected chi connectivity index (χ2v) is 4.60. The first-order chi connectivity index (χ1) is 7.13. The van der Waals surface area contributed by atoms with Gasteiger partial charge in [-0.2, -0.15) is 0 Å². The maximum atomic E-state index is 10.8. The van der Waals surface area contributed by atoms with E-state index in [1.807, 2.05) is 19.1 Å². The SMILES string of the molecule is COc1ccc(SCCC(C)=O)cc1C. The molecule has 0 amide bonds. The molecule has 0 aromatic heterocycles. The van der Waals surface area contributed by atoms with Crippen LogP contribution in [0.25, 0.3) is 0 Å². The number of rotatable bonds is 5.